The Hall–Kier alpha value is -2.96. The number of carbonyl (C=O) groups is 4. The minimum Gasteiger partial charge on any atom is -0.466 e. The van der Waals surface area contributed by atoms with Crippen molar-refractivity contribution < 1.29 is 52.3 Å². The van der Waals surface area contributed by atoms with Crippen molar-refractivity contribution in [1.82, 2.24) is 4.90 Å². The fourth-order valence-electron chi connectivity index (χ4n) is 8.26. The molecule has 2 unspecified atom stereocenters. The van der Waals surface area contributed by atoms with Gasteiger partial charge in [-0.1, -0.05) is 110 Å². The molecule has 1 saturated heterocycles. The Bertz CT molecular complexity index is 1220. The quantitative estimate of drug-likeness (QED) is 0.0189. The number of piperidine rings is 1. The number of unbranched alkanes of at least 4 members (excludes halogenated alkanes) is 9. The molecule has 12 heteroatoms. The van der Waals surface area contributed by atoms with Gasteiger partial charge >= 0.3 is 24.1 Å². The number of esters is 3. The van der Waals surface area contributed by atoms with E-state index in [2.05, 4.69) is 63.8 Å². The molecular weight excluding hydrogens is 851 g/mol. The summed E-state index contributed by atoms with van der Waals surface area (Å²) >= 11 is 0. The molecule has 0 aromatic carbocycles. The topological polar surface area (TPSA) is 136 Å². The molecular formula is C55H99NO11. The average molecular weight is 950 g/mol. The van der Waals surface area contributed by atoms with E-state index in [4.69, 9.17) is 33.2 Å². The molecule has 0 aromatic heterocycles. The first-order valence-electron chi connectivity index (χ1n) is 27.3. The molecule has 1 heterocycles. The highest BCUT2D eigenvalue weighted by Crippen LogP contribution is 2.22. The number of allylic oxidation sites excluding steroid dienone is 4. The number of carbonyl (C=O) groups excluding carboxylic acids is 4. The van der Waals surface area contributed by atoms with Crippen molar-refractivity contribution in [3.63, 3.8) is 0 Å². The molecule has 0 aromatic rings. The number of likely N-dealkylation sites (tertiary alicyclic amines) is 1. The van der Waals surface area contributed by atoms with Gasteiger partial charge in [-0.15, -0.1) is 0 Å². The van der Waals surface area contributed by atoms with Crippen LogP contribution in [0.25, 0.3) is 0 Å². The lowest BCUT2D eigenvalue weighted by Gasteiger charge is -2.31. The van der Waals surface area contributed by atoms with Crippen LogP contribution in [0.15, 0.2) is 24.3 Å². The summed E-state index contributed by atoms with van der Waals surface area (Å²) in [6, 6.07) is 0. The average Bonchev–Trinajstić information content (AvgIpc) is 3.33. The first-order valence-corrected chi connectivity index (χ1v) is 27.3. The van der Waals surface area contributed by atoms with E-state index in [1.54, 1.807) is 0 Å². The Morgan fingerprint density at radius 3 is 1.63 bits per heavy atom. The van der Waals surface area contributed by atoms with Gasteiger partial charge in [-0.25, -0.2) is 4.79 Å². The van der Waals surface area contributed by atoms with Crippen LogP contribution in [0.3, 0.4) is 0 Å². The lowest BCUT2D eigenvalue weighted by Crippen LogP contribution is -2.37. The predicted molar refractivity (Wildman–Crippen MR) is 269 cm³/mol. The van der Waals surface area contributed by atoms with Gasteiger partial charge in [0.05, 0.1) is 32.8 Å². The van der Waals surface area contributed by atoms with E-state index in [9.17, 15) is 19.2 Å². The normalized spacial score (nSPS) is 14.9. The summed E-state index contributed by atoms with van der Waals surface area (Å²) in [6.45, 7) is 16.1. The first kappa shape index (κ1) is 62.1. The van der Waals surface area contributed by atoms with Crippen LogP contribution < -0.4 is 0 Å². The molecule has 0 bridgehead atoms. The van der Waals surface area contributed by atoms with E-state index < -0.39 is 18.5 Å². The Balaban J connectivity index is 2.53. The third-order valence-electron chi connectivity index (χ3n) is 12.4. The smallest absolute Gasteiger partial charge is 0.466 e. The van der Waals surface area contributed by atoms with Crippen LogP contribution in [0.4, 0.5) is 4.79 Å². The zero-order valence-corrected chi connectivity index (χ0v) is 43.4. The van der Waals surface area contributed by atoms with Crippen LogP contribution in [0, 0.1) is 11.8 Å². The van der Waals surface area contributed by atoms with Gasteiger partial charge in [0.15, 0.2) is 6.29 Å². The Morgan fingerprint density at radius 1 is 0.537 bits per heavy atom. The standard InChI is InChI=1S/C55H99NO11/c1-6-11-15-17-19-25-41-64-54(65-42-26-20-18-16-12-7-2)38-37-53(59)62-44-29-34-50(67-55(60)66-47-49-32-27-40-56(10-5)46-49)33-28-43-61-51(57)35-23-24-36-52(58)63-45-39-48(30-21-13-8-3)31-22-14-9-4/h11-12,15-16,48-50,54H,6-10,13-14,17-47H2,1-5H3/b15-11-,16-12-. The number of hydrogen-bond donors (Lipinski definition) is 0. The van der Waals surface area contributed by atoms with Crippen molar-refractivity contribution in [1.29, 1.82) is 0 Å². The van der Waals surface area contributed by atoms with Crippen molar-refractivity contribution in [2.24, 2.45) is 11.8 Å². The molecule has 0 radical (unpaired) electrons. The summed E-state index contributed by atoms with van der Waals surface area (Å²) in [4.78, 5) is 53.0. The molecule has 1 rings (SSSR count). The van der Waals surface area contributed by atoms with Crippen LogP contribution in [-0.4, -0.2) is 101 Å². The maximum Gasteiger partial charge on any atom is 0.508 e. The number of nitrogens with zero attached hydrogens (tertiary/aromatic N) is 1. The summed E-state index contributed by atoms with van der Waals surface area (Å²) in [5, 5.41) is 0. The second-order valence-corrected chi connectivity index (χ2v) is 18.5. The second-order valence-electron chi connectivity index (χ2n) is 18.5. The van der Waals surface area contributed by atoms with Gasteiger partial charge in [-0.3, -0.25) is 14.4 Å². The molecule has 12 nitrogen and oxygen atoms in total. The molecule has 0 N–H and O–H groups in total. The number of ether oxygens (including phenoxy) is 7. The zero-order valence-electron chi connectivity index (χ0n) is 43.4. The molecule has 67 heavy (non-hydrogen) atoms. The predicted octanol–water partition coefficient (Wildman–Crippen LogP) is 13.6. The molecule has 0 amide bonds. The van der Waals surface area contributed by atoms with E-state index in [-0.39, 0.29) is 49.9 Å². The van der Waals surface area contributed by atoms with Crippen molar-refractivity contribution in [3.8, 4) is 0 Å². The largest absolute Gasteiger partial charge is 0.508 e. The van der Waals surface area contributed by atoms with Gasteiger partial charge in [0, 0.05) is 44.9 Å². The molecule has 0 saturated carbocycles. The van der Waals surface area contributed by atoms with Crippen LogP contribution in [-0.2, 0) is 47.5 Å². The molecule has 0 spiro atoms. The van der Waals surface area contributed by atoms with Gasteiger partial charge in [0.25, 0.3) is 0 Å². The minimum atomic E-state index is -0.703. The third kappa shape index (κ3) is 38.6. The molecule has 1 aliphatic heterocycles. The second kappa shape index (κ2) is 45.5. The maximum absolute atomic E-state index is 12.9. The van der Waals surface area contributed by atoms with Crippen LogP contribution in [0.2, 0.25) is 0 Å². The first-order chi connectivity index (χ1) is 32.7. The molecule has 1 aliphatic rings. The highest BCUT2D eigenvalue weighted by Gasteiger charge is 2.23. The highest BCUT2D eigenvalue weighted by atomic mass is 16.7. The summed E-state index contributed by atoms with van der Waals surface area (Å²) in [5.41, 5.74) is 0. The monoisotopic (exact) mass is 950 g/mol. The highest BCUT2D eigenvalue weighted by molar-refractivity contribution is 5.70. The van der Waals surface area contributed by atoms with E-state index in [0.717, 1.165) is 90.3 Å². The fourth-order valence-corrected chi connectivity index (χ4v) is 8.26. The van der Waals surface area contributed by atoms with Gasteiger partial charge in [-0.05, 0) is 128 Å². The minimum absolute atomic E-state index is 0.181. The van der Waals surface area contributed by atoms with Crippen molar-refractivity contribution in [2.45, 2.75) is 233 Å². The van der Waals surface area contributed by atoms with Crippen molar-refractivity contribution >= 4 is 24.1 Å². The number of hydrogen-bond acceptors (Lipinski definition) is 12. The van der Waals surface area contributed by atoms with E-state index >= 15 is 0 Å². The van der Waals surface area contributed by atoms with Crippen molar-refractivity contribution in [3.05, 3.63) is 24.3 Å². The molecule has 390 valence electrons. The Labute approximate surface area is 408 Å². The van der Waals surface area contributed by atoms with Gasteiger partial charge in [0.1, 0.15) is 6.10 Å². The summed E-state index contributed by atoms with van der Waals surface area (Å²) in [7, 11) is 0. The van der Waals surface area contributed by atoms with E-state index in [1.165, 1.54) is 51.4 Å². The van der Waals surface area contributed by atoms with Gasteiger partial charge in [-0.2, -0.15) is 0 Å². The van der Waals surface area contributed by atoms with Gasteiger partial charge < -0.3 is 38.1 Å². The summed E-state index contributed by atoms with van der Waals surface area (Å²) in [6.07, 6.45) is 32.2. The van der Waals surface area contributed by atoms with Crippen LogP contribution in [0.1, 0.15) is 221 Å². The lowest BCUT2D eigenvalue weighted by molar-refractivity contribution is -0.159. The SMILES string of the molecule is CC/C=C\CCCCOC(CCC(=O)OCCCC(CCCOC(=O)CCCCC(=O)OCCC(CCCCC)CCCCC)OC(=O)OCC1CCCN(CC)C1)OCCCC/C=C\CC. The Morgan fingerprint density at radius 2 is 1.09 bits per heavy atom. The zero-order chi connectivity index (χ0) is 48.8. The molecule has 0 aliphatic carbocycles. The van der Waals surface area contributed by atoms with Crippen molar-refractivity contribution in [2.75, 3.05) is 59.3 Å². The van der Waals surface area contributed by atoms with Crippen LogP contribution >= 0.6 is 0 Å². The third-order valence-corrected chi connectivity index (χ3v) is 12.4. The van der Waals surface area contributed by atoms with E-state index in [0.29, 0.717) is 83.7 Å². The lowest BCUT2D eigenvalue weighted by atomic mass is 9.92. The summed E-state index contributed by atoms with van der Waals surface area (Å²) < 4.78 is 40.1. The number of rotatable bonds is 45. The maximum atomic E-state index is 12.9. The van der Waals surface area contributed by atoms with Crippen LogP contribution in [0.5, 0.6) is 0 Å². The van der Waals surface area contributed by atoms with E-state index in [1.807, 2.05) is 0 Å². The fraction of sp³-hybridized carbons (Fsp3) is 0.855. The van der Waals surface area contributed by atoms with Gasteiger partial charge in [0.2, 0.25) is 0 Å². The molecule has 2 atom stereocenters. The Kier molecular flexibility index (Phi) is 42.1. The summed E-state index contributed by atoms with van der Waals surface area (Å²) in [5.74, 6) is 0.0587. The molecule has 1 fully saturated rings.